The Hall–Kier alpha value is -2.58. The number of carbonyl (C=O) groups is 2. The van der Waals surface area contributed by atoms with E-state index in [1.807, 2.05) is 25.1 Å². The second kappa shape index (κ2) is 9.57. The third-order valence-corrected chi connectivity index (χ3v) is 5.31. The van der Waals surface area contributed by atoms with E-state index in [1.54, 1.807) is 30.5 Å². The monoisotopic (exact) mass is 416 g/mol. The number of benzene rings is 1. The van der Waals surface area contributed by atoms with Gasteiger partial charge in [0.05, 0.1) is 23.5 Å². The van der Waals surface area contributed by atoms with Crippen LogP contribution in [0.25, 0.3) is 6.08 Å². The summed E-state index contributed by atoms with van der Waals surface area (Å²) in [6.45, 7) is 2.80. The number of furan rings is 1. The van der Waals surface area contributed by atoms with Crippen LogP contribution in [0.3, 0.4) is 0 Å². The Kier molecular flexibility index (Phi) is 6.89. The predicted molar refractivity (Wildman–Crippen MR) is 114 cm³/mol. The minimum Gasteiger partial charge on any atom is -0.492 e. The van der Waals surface area contributed by atoms with Crippen LogP contribution in [0.2, 0.25) is 0 Å². The number of carbonyl (C=O) groups excluding carboxylic acids is 2. The first kappa shape index (κ1) is 20.2. The summed E-state index contributed by atoms with van der Waals surface area (Å²) in [4.78, 5) is 26.8. The van der Waals surface area contributed by atoms with Gasteiger partial charge in [0, 0.05) is 19.0 Å². The summed E-state index contributed by atoms with van der Waals surface area (Å²) in [5, 5.41) is 2.85. The van der Waals surface area contributed by atoms with Crippen LogP contribution >= 0.6 is 24.0 Å². The van der Waals surface area contributed by atoms with Gasteiger partial charge in [0.1, 0.15) is 15.8 Å². The largest absolute Gasteiger partial charge is 0.492 e. The second-order valence-corrected chi connectivity index (χ2v) is 7.61. The molecule has 1 saturated heterocycles. The Morgan fingerprint density at radius 3 is 2.89 bits per heavy atom. The van der Waals surface area contributed by atoms with Gasteiger partial charge in [0.2, 0.25) is 5.91 Å². The molecular formula is C20H20N2O4S2. The molecule has 0 spiro atoms. The van der Waals surface area contributed by atoms with E-state index in [9.17, 15) is 9.59 Å². The highest BCUT2D eigenvalue weighted by atomic mass is 32.2. The number of ether oxygens (including phenoxy) is 1. The maximum atomic E-state index is 12.5. The van der Waals surface area contributed by atoms with E-state index in [0.717, 1.165) is 0 Å². The fourth-order valence-electron chi connectivity index (χ4n) is 2.66. The number of nitrogens with one attached hydrogen (secondary N) is 1. The van der Waals surface area contributed by atoms with Crippen molar-refractivity contribution < 1.29 is 18.7 Å². The van der Waals surface area contributed by atoms with Gasteiger partial charge in [-0.05, 0) is 37.6 Å². The standard InChI is InChI=1S/C20H20N2O4S2/c1-2-25-16-9-4-3-8-15(16)21-18(23)10-5-11-22-19(24)17(28-20(22)27)13-14-7-6-12-26-14/h3-4,6-9,12-13H,2,5,10-11H2,1H3,(H,21,23)/b17-13+. The average molecular weight is 417 g/mol. The molecular weight excluding hydrogens is 396 g/mol. The minimum absolute atomic E-state index is 0.135. The molecule has 0 saturated carbocycles. The number of hydrogen-bond donors (Lipinski definition) is 1. The van der Waals surface area contributed by atoms with Crippen molar-refractivity contribution in [2.24, 2.45) is 0 Å². The Morgan fingerprint density at radius 2 is 2.14 bits per heavy atom. The van der Waals surface area contributed by atoms with Crippen LogP contribution in [0.4, 0.5) is 5.69 Å². The summed E-state index contributed by atoms with van der Waals surface area (Å²) in [5.74, 6) is 0.948. The molecule has 1 aliphatic heterocycles. The topological polar surface area (TPSA) is 71.8 Å². The van der Waals surface area contributed by atoms with Crippen molar-refractivity contribution in [3.05, 3.63) is 53.3 Å². The molecule has 0 atom stereocenters. The van der Waals surface area contributed by atoms with E-state index in [1.165, 1.54) is 16.7 Å². The van der Waals surface area contributed by atoms with Crippen LogP contribution in [-0.2, 0) is 9.59 Å². The fourth-order valence-corrected chi connectivity index (χ4v) is 3.95. The summed E-state index contributed by atoms with van der Waals surface area (Å²) >= 11 is 6.54. The molecule has 6 nitrogen and oxygen atoms in total. The molecule has 3 rings (SSSR count). The average Bonchev–Trinajstić information content (AvgIpc) is 3.27. The molecule has 1 aliphatic rings. The van der Waals surface area contributed by atoms with Gasteiger partial charge in [-0.25, -0.2) is 0 Å². The predicted octanol–water partition coefficient (Wildman–Crippen LogP) is 4.30. The van der Waals surface area contributed by atoms with E-state index < -0.39 is 0 Å². The highest BCUT2D eigenvalue weighted by Gasteiger charge is 2.31. The number of thioether (sulfide) groups is 1. The first-order valence-corrected chi connectivity index (χ1v) is 10.1. The van der Waals surface area contributed by atoms with Crippen LogP contribution in [0.1, 0.15) is 25.5 Å². The zero-order chi connectivity index (χ0) is 19.9. The van der Waals surface area contributed by atoms with Gasteiger partial charge in [-0.3, -0.25) is 14.5 Å². The Morgan fingerprint density at radius 1 is 1.32 bits per heavy atom. The van der Waals surface area contributed by atoms with Crippen molar-refractivity contribution in [3.8, 4) is 5.75 Å². The molecule has 0 aliphatic carbocycles. The lowest BCUT2D eigenvalue weighted by molar-refractivity contribution is -0.122. The van der Waals surface area contributed by atoms with Crippen molar-refractivity contribution in [2.75, 3.05) is 18.5 Å². The minimum atomic E-state index is -0.159. The Labute approximate surface area is 172 Å². The zero-order valence-corrected chi connectivity index (χ0v) is 17.0. The quantitative estimate of drug-likeness (QED) is 0.511. The van der Waals surface area contributed by atoms with Crippen LogP contribution in [0, 0.1) is 0 Å². The normalized spacial score (nSPS) is 15.3. The number of hydrogen-bond acceptors (Lipinski definition) is 6. The van der Waals surface area contributed by atoms with E-state index >= 15 is 0 Å². The van der Waals surface area contributed by atoms with Crippen molar-refractivity contribution in [3.63, 3.8) is 0 Å². The molecule has 1 aromatic carbocycles. The van der Waals surface area contributed by atoms with Gasteiger partial charge in [-0.2, -0.15) is 0 Å². The summed E-state index contributed by atoms with van der Waals surface area (Å²) in [6.07, 6.45) is 4.00. The molecule has 0 bridgehead atoms. The number of amides is 2. The summed E-state index contributed by atoms with van der Waals surface area (Å²) in [7, 11) is 0. The maximum Gasteiger partial charge on any atom is 0.266 e. The summed E-state index contributed by atoms with van der Waals surface area (Å²) < 4.78 is 11.2. The van der Waals surface area contributed by atoms with Crippen LogP contribution in [0.15, 0.2) is 52.0 Å². The van der Waals surface area contributed by atoms with Crippen molar-refractivity contribution >= 4 is 51.9 Å². The third-order valence-electron chi connectivity index (χ3n) is 3.94. The van der Waals surface area contributed by atoms with Crippen molar-refractivity contribution in [1.29, 1.82) is 0 Å². The molecule has 1 aromatic heterocycles. The van der Waals surface area contributed by atoms with Crippen LogP contribution in [-0.4, -0.2) is 34.2 Å². The molecule has 2 heterocycles. The number of anilines is 1. The first-order chi connectivity index (χ1) is 13.6. The molecule has 8 heteroatoms. The first-order valence-electron chi connectivity index (χ1n) is 8.89. The molecule has 1 fully saturated rings. The van der Waals surface area contributed by atoms with Gasteiger partial charge in [0.15, 0.2) is 0 Å². The van der Waals surface area contributed by atoms with Gasteiger partial charge >= 0.3 is 0 Å². The Balaban J connectivity index is 1.51. The highest BCUT2D eigenvalue weighted by molar-refractivity contribution is 8.26. The Bertz CT molecular complexity index is 893. The second-order valence-electron chi connectivity index (χ2n) is 5.93. The molecule has 1 N–H and O–H groups in total. The zero-order valence-electron chi connectivity index (χ0n) is 15.3. The van der Waals surface area contributed by atoms with Crippen molar-refractivity contribution in [2.45, 2.75) is 19.8 Å². The van der Waals surface area contributed by atoms with Gasteiger partial charge in [-0.15, -0.1) is 0 Å². The van der Waals surface area contributed by atoms with E-state index in [-0.39, 0.29) is 18.2 Å². The lowest BCUT2D eigenvalue weighted by atomic mass is 10.2. The number of nitrogens with zero attached hydrogens (tertiary/aromatic N) is 1. The molecule has 0 radical (unpaired) electrons. The maximum absolute atomic E-state index is 12.5. The van der Waals surface area contributed by atoms with Gasteiger partial charge in [0.25, 0.3) is 5.91 Å². The van der Waals surface area contributed by atoms with E-state index in [0.29, 0.717) is 46.0 Å². The highest BCUT2D eigenvalue weighted by Crippen LogP contribution is 2.32. The molecule has 2 aromatic rings. The SMILES string of the molecule is CCOc1ccccc1NC(=O)CCCN1C(=O)/C(=C\c2ccco2)SC1=S. The molecule has 28 heavy (non-hydrogen) atoms. The number of thiocarbonyl (C=S) groups is 1. The lowest BCUT2D eigenvalue weighted by Gasteiger charge is -2.14. The third kappa shape index (κ3) is 5.02. The van der Waals surface area contributed by atoms with Gasteiger partial charge < -0.3 is 14.5 Å². The molecule has 0 unspecified atom stereocenters. The van der Waals surface area contributed by atoms with Crippen LogP contribution < -0.4 is 10.1 Å². The van der Waals surface area contributed by atoms with E-state index in [2.05, 4.69) is 5.32 Å². The number of para-hydroxylation sites is 2. The van der Waals surface area contributed by atoms with E-state index in [4.69, 9.17) is 21.4 Å². The molecule has 2 amide bonds. The van der Waals surface area contributed by atoms with Crippen LogP contribution in [0.5, 0.6) is 5.75 Å². The summed E-state index contributed by atoms with van der Waals surface area (Å²) in [6, 6.07) is 10.8. The number of rotatable bonds is 8. The fraction of sp³-hybridized carbons (Fsp3) is 0.250. The summed E-state index contributed by atoms with van der Waals surface area (Å²) in [5.41, 5.74) is 0.640. The lowest BCUT2D eigenvalue weighted by Crippen LogP contribution is -2.29. The van der Waals surface area contributed by atoms with Crippen molar-refractivity contribution in [1.82, 2.24) is 4.90 Å². The molecule has 146 valence electrons. The van der Waals surface area contributed by atoms with Gasteiger partial charge in [-0.1, -0.05) is 36.1 Å². The smallest absolute Gasteiger partial charge is 0.266 e.